The monoisotopic (exact) mass is 823 g/mol. The maximum atomic E-state index is 14.1. The fourth-order valence-corrected chi connectivity index (χ4v) is 11.3. The minimum atomic E-state index is -1.89. The number of aryl methyl sites for hydroxylation is 1. The maximum Gasteiger partial charge on any atom is 0.306 e. The van der Waals surface area contributed by atoms with Gasteiger partial charge in [-0.2, -0.15) is 0 Å². The average Bonchev–Trinajstić information content (AvgIpc) is 3.49. The van der Waals surface area contributed by atoms with Crippen LogP contribution in [-0.2, 0) is 31.1 Å². The summed E-state index contributed by atoms with van der Waals surface area (Å²) in [5.41, 5.74) is -1.16. The number of hydrogen-bond acceptors (Lipinski definition) is 8. The molecule has 9 heteroatoms. The van der Waals surface area contributed by atoms with Gasteiger partial charge in [0.1, 0.15) is 16.8 Å². The number of halogens is 1. The van der Waals surface area contributed by atoms with E-state index in [2.05, 4.69) is 55.2 Å². The number of carbonyl (C=O) groups is 2. The van der Waals surface area contributed by atoms with E-state index in [4.69, 9.17) is 25.5 Å². The summed E-state index contributed by atoms with van der Waals surface area (Å²) in [5.74, 6) is -1.97. The number of esters is 1. The van der Waals surface area contributed by atoms with E-state index in [-0.39, 0.29) is 43.5 Å². The van der Waals surface area contributed by atoms with E-state index in [1.54, 1.807) is 31.3 Å². The lowest BCUT2D eigenvalue weighted by atomic mass is 9.60. The fraction of sp³-hybridized carbons (Fsp3) is 0.353. The predicted molar refractivity (Wildman–Crippen MR) is 229 cm³/mol. The standard InChI is InChI=1S/C51H50ClNO7/c1-32-26-42-48(56,46(32)55)29-34(31-58-51(36-14-8-5-9-15-36,37-16-10-6-11-17-37)38-18-12-7-13-19-38)27-40-45-47(3,4)49(45,28-33(2)50(40,42)57)60-44(54)25-24-43-53-30-41(59-43)35-20-22-39(52)23-21-35/h5-23,26-27,30,33,40,42,45,56-57H,24-25,28-29,31H2,1-4H3/t33-,40+,42?,45-,48-,49+,50-/m1/s1. The zero-order chi connectivity index (χ0) is 42.1. The van der Waals surface area contributed by atoms with Crippen LogP contribution in [0.3, 0.4) is 0 Å². The molecule has 1 unspecified atom stereocenters. The van der Waals surface area contributed by atoms with Gasteiger partial charge in [-0.25, -0.2) is 4.98 Å². The number of nitrogens with zero attached hydrogens (tertiary/aromatic N) is 1. The van der Waals surface area contributed by atoms with Crippen LogP contribution in [0.5, 0.6) is 0 Å². The number of fused-ring (bicyclic) bond motifs is 5. The molecule has 0 aliphatic heterocycles. The van der Waals surface area contributed by atoms with Crippen molar-refractivity contribution in [1.82, 2.24) is 4.98 Å². The average molecular weight is 824 g/mol. The van der Waals surface area contributed by atoms with Gasteiger partial charge in [0.2, 0.25) is 0 Å². The lowest BCUT2D eigenvalue weighted by Gasteiger charge is -2.50. The van der Waals surface area contributed by atoms with Gasteiger partial charge in [0.05, 0.1) is 24.8 Å². The van der Waals surface area contributed by atoms with Gasteiger partial charge in [0.25, 0.3) is 0 Å². The first-order chi connectivity index (χ1) is 28.7. The van der Waals surface area contributed by atoms with E-state index in [0.717, 1.165) is 22.3 Å². The van der Waals surface area contributed by atoms with Gasteiger partial charge in [-0.3, -0.25) is 9.59 Å². The molecule has 1 heterocycles. The first kappa shape index (κ1) is 40.3. The van der Waals surface area contributed by atoms with E-state index in [1.165, 1.54) is 0 Å². The molecule has 0 spiro atoms. The van der Waals surface area contributed by atoms with Crippen LogP contribution in [0, 0.1) is 29.1 Å². The topological polar surface area (TPSA) is 119 Å². The third kappa shape index (κ3) is 6.25. The van der Waals surface area contributed by atoms with Gasteiger partial charge >= 0.3 is 5.97 Å². The number of ether oxygens (including phenoxy) is 2. The van der Waals surface area contributed by atoms with Crippen molar-refractivity contribution >= 4 is 23.4 Å². The van der Waals surface area contributed by atoms with Crippen LogP contribution in [-0.4, -0.2) is 50.4 Å². The van der Waals surface area contributed by atoms with Crippen molar-refractivity contribution in [3.05, 3.63) is 172 Å². The van der Waals surface area contributed by atoms with Gasteiger partial charge in [0, 0.05) is 46.6 Å². The van der Waals surface area contributed by atoms with Crippen LogP contribution < -0.4 is 0 Å². The van der Waals surface area contributed by atoms with Crippen LogP contribution in [0.1, 0.15) is 69.5 Å². The van der Waals surface area contributed by atoms with Crippen LogP contribution in [0.15, 0.2) is 149 Å². The first-order valence-corrected chi connectivity index (χ1v) is 21.2. The lowest BCUT2D eigenvalue weighted by Crippen LogP contribution is -2.61. The largest absolute Gasteiger partial charge is 0.458 e. The summed E-state index contributed by atoms with van der Waals surface area (Å²) in [5, 5.41) is 26.5. The maximum absolute atomic E-state index is 14.1. The molecule has 5 aromatic rings. The molecular weight excluding hydrogens is 774 g/mol. The van der Waals surface area contributed by atoms with Crippen molar-refractivity contribution in [1.29, 1.82) is 0 Å². The molecule has 4 aliphatic rings. The minimum absolute atomic E-state index is 0.0155. The van der Waals surface area contributed by atoms with Crippen molar-refractivity contribution in [2.75, 3.05) is 6.61 Å². The predicted octanol–water partition coefficient (Wildman–Crippen LogP) is 9.47. The van der Waals surface area contributed by atoms with Crippen molar-refractivity contribution < 1.29 is 33.7 Å². The number of aromatic nitrogens is 1. The smallest absolute Gasteiger partial charge is 0.306 e. The summed E-state index contributed by atoms with van der Waals surface area (Å²) >= 11 is 6.06. The Morgan fingerprint density at radius 1 is 0.883 bits per heavy atom. The second-order valence-electron chi connectivity index (χ2n) is 17.9. The molecule has 2 fully saturated rings. The van der Waals surface area contributed by atoms with Gasteiger partial charge in [-0.1, -0.05) is 136 Å². The summed E-state index contributed by atoms with van der Waals surface area (Å²) < 4.78 is 19.8. The molecule has 2 saturated carbocycles. The molecular formula is C51H50ClNO7. The van der Waals surface area contributed by atoms with Crippen LogP contribution in [0.4, 0.5) is 0 Å². The van der Waals surface area contributed by atoms with Crippen LogP contribution in [0.25, 0.3) is 11.3 Å². The Kier molecular flexibility index (Phi) is 9.94. The van der Waals surface area contributed by atoms with Crippen molar-refractivity contribution in [2.24, 2.45) is 29.1 Å². The Bertz CT molecular complexity index is 2380. The highest BCUT2D eigenvalue weighted by atomic mass is 35.5. The quantitative estimate of drug-likeness (QED) is 0.0769. The Labute approximate surface area is 355 Å². The SMILES string of the molecule is CC1=CC2[C@@]3(O)[C@H](C)C[C@]4(OC(=O)CCc5ncc(-c6ccc(Cl)cc6)o5)[C@H]([C@@H]3C=C(COC(c3ccccc3)(c3ccccc3)c3ccccc3)C[C@]2(O)C1=O)C4(C)C. The highest BCUT2D eigenvalue weighted by molar-refractivity contribution is 6.30. The Morgan fingerprint density at radius 3 is 2.05 bits per heavy atom. The second-order valence-corrected chi connectivity index (χ2v) is 18.3. The van der Waals surface area contributed by atoms with Crippen LogP contribution in [0.2, 0.25) is 5.02 Å². The molecule has 0 amide bonds. The molecule has 4 aliphatic carbocycles. The zero-order valence-electron chi connectivity index (χ0n) is 34.3. The molecule has 1 aromatic heterocycles. The summed E-state index contributed by atoms with van der Waals surface area (Å²) in [4.78, 5) is 32.3. The van der Waals surface area contributed by atoms with E-state index < -0.39 is 45.6 Å². The lowest BCUT2D eigenvalue weighted by molar-refractivity contribution is -0.187. The third-order valence-electron chi connectivity index (χ3n) is 14.2. The van der Waals surface area contributed by atoms with Crippen LogP contribution >= 0.6 is 11.6 Å². The molecule has 9 rings (SSSR count). The number of oxazole rings is 1. The van der Waals surface area contributed by atoms with E-state index in [0.29, 0.717) is 34.2 Å². The highest BCUT2D eigenvalue weighted by Crippen LogP contribution is 2.76. The molecule has 60 heavy (non-hydrogen) atoms. The molecule has 308 valence electrons. The Hall–Kier alpha value is -5.12. The summed E-state index contributed by atoms with van der Waals surface area (Å²) in [6, 6.07) is 37.5. The Balaban J connectivity index is 1.06. The van der Waals surface area contributed by atoms with E-state index >= 15 is 0 Å². The summed E-state index contributed by atoms with van der Waals surface area (Å²) in [7, 11) is 0. The van der Waals surface area contributed by atoms with Gasteiger partial charge in [0.15, 0.2) is 17.4 Å². The molecule has 8 nitrogen and oxygen atoms in total. The molecule has 0 radical (unpaired) electrons. The van der Waals surface area contributed by atoms with Crippen molar-refractivity contribution in [2.45, 2.75) is 75.8 Å². The normalized spacial score (nSPS) is 29.0. The number of hydrogen-bond donors (Lipinski definition) is 2. The number of aliphatic hydroxyl groups is 2. The molecule has 0 bridgehead atoms. The van der Waals surface area contributed by atoms with Gasteiger partial charge in [-0.15, -0.1) is 0 Å². The third-order valence-corrected chi connectivity index (χ3v) is 14.5. The summed E-state index contributed by atoms with van der Waals surface area (Å²) in [6.45, 7) is 7.89. The number of rotatable bonds is 11. The number of ketones is 1. The molecule has 2 N–H and O–H groups in total. The molecule has 4 aromatic carbocycles. The van der Waals surface area contributed by atoms with E-state index in [9.17, 15) is 19.8 Å². The Morgan fingerprint density at radius 2 is 1.47 bits per heavy atom. The van der Waals surface area contributed by atoms with E-state index in [1.807, 2.05) is 79.7 Å². The molecule has 0 saturated heterocycles. The summed E-state index contributed by atoms with van der Waals surface area (Å²) in [6.07, 6.45) is 6.12. The number of benzene rings is 4. The zero-order valence-corrected chi connectivity index (χ0v) is 35.1. The first-order valence-electron chi connectivity index (χ1n) is 20.8. The van der Waals surface area contributed by atoms with Gasteiger partial charge < -0.3 is 24.1 Å². The van der Waals surface area contributed by atoms with Crippen molar-refractivity contribution in [3.63, 3.8) is 0 Å². The fourth-order valence-electron chi connectivity index (χ4n) is 11.2. The second kappa shape index (κ2) is 14.8. The number of carbonyl (C=O) groups excluding carboxylic acids is 2. The number of Topliss-reactive ketones (excluding diaryl/α,β-unsaturated/α-hetero) is 1. The molecule has 7 atom stereocenters. The van der Waals surface area contributed by atoms with Crippen molar-refractivity contribution in [3.8, 4) is 11.3 Å². The minimum Gasteiger partial charge on any atom is -0.458 e. The van der Waals surface area contributed by atoms with Gasteiger partial charge in [-0.05, 0) is 71.4 Å². The highest BCUT2D eigenvalue weighted by Gasteiger charge is 2.83.